The number of hydrogen-bond acceptors (Lipinski definition) is 5. The molecule has 1 amide bonds. The number of carbonyl (C=O) groups is 1. The smallest absolute Gasteiger partial charge is 0.264 e. The first-order valence-electron chi connectivity index (χ1n) is 6.48. The van der Waals surface area contributed by atoms with Crippen molar-refractivity contribution >= 4 is 33.8 Å². The Morgan fingerprint density at radius 2 is 2.14 bits per heavy atom. The molecule has 21 heavy (non-hydrogen) atoms. The molecule has 1 fully saturated rings. The number of morpholine rings is 1. The van der Waals surface area contributed by atoms with Crippen LogP contribution >= 0.6 is 15.9 Å². The van der Waals surface area contributed by atoms with Crippen LogP contribution in [0.2, 0.25) is 0 Å². The summed E-state index contributed by atoms with van der Waals surface area (Å²) < 4.78 is 11.6. The van der Waals surface area contributed by atoms with E-state index >= 15 is 0 Å². The maximum Gasteiger partial charge on any atom is 0.264 e. The topological polar surface area (TPSA) is 69.7 Å². The van der Waals surface area contributed by atoms with Crippen molar-refractivity contribution in [3.8, 4) is 6.07 Å². The van der Waals surface area contributed by atoms with Crippen molar-refractivity contribution in [2.45, 2.75) is 0 Å². The second kappa shape index (κ2) is 6.78. The van der Waals surface area contributed by atoms with Gasteiger partial charge in [0.25, 0.3) is 5.91 Å². The molecule has 0 bridgehead atoms. The van der Waals surface area contributed by atoms with Gasteiger partial charge in [-0.25, -0.2) is 0 Å². The summed E-state index contributed by atoms with van der Waals surface area (Å²) in [4.78, 5) is 15.7. The lowest BCUT2D eigenvalue weighted by Crippen LogP contribution is -2.41. The Kier molecular flexibility index (Phi) is 5.04. The molecule has 1 aliphatic heterocycles. The van der Waals surface area contributed by atoms with Gasteiger partial charge in [-0.1, -0.05) is 0 Å². The molecule has 0 spiro atoms. The number of hydrogen-bond donors (Lipinski definition) is 0. The van der Waals surface area contributed by atoms with Gasteiger partial charge in [-0.05, 0) is 15.9 Å². The summed E-state index contributed by atoms with van der Waals surface area (Å²) in [6.07, 6.45) is 1.47. The van der Waals surface area contributed by atoms with Crippen molar-refractivity contribution < 1.29 is 13.9 Å². The van der Waals surface area contributed by atoms with Crippen molar-refractivity contribution in [3.63, 3.8) is 0 Å². The first kappa shape index (κ1) is 15.6. The zero-order chi connectivity index (χ0) is 15.4. The Bertz CT molecular complexity index is 595. The van der Waals surface area contributed by atoms with Gasteiger partial charge in [-0.15, -0.1) is 0 Å². The van der Waals surface area contributed by atoms with Gasteiger partial charge in [0.05, 0.1) is 17.7 Å². The number of nitrogens with zero attached hydrogens (tertiary/aromatic N) is 3. The molecule has 7 heteroatoms. The predicted octanol–water partition coefficient (Wildman–Crippen LogP) is 1.87. The molecular formula is C14H16BrN3O3. The van der Waals surface area contributed by atoms with E-state index in [1.54, 1.807) is 15.9 Å². The Hall–Kier alpha value is -1.78. The molecular weight excluding hydrogens is 338 g/mol. The highest BCUT2D eigenvalue weighted by atomic mass is 79.9. The van der Waals surface area contributed by atoms with Crippen LogP contribution in [0, 0.1) is 11.3 Å². The molecule has 2 heterocycles. The Morgan fingerprint density at radius 1 is 1.48 bits per heavy atom. The van der Waals surface area contributed by atoms with Gasteiger partial charge in [0.2, 0.25) is 5.88 Å². The normalized spacial score (nSPS) is 15.7. The summed E-state index contributed by atoms with van der Waals surface area (Å²) in [7, 11) is 3.70. The van der Waals surface area contributed by atoms with Crippen LogP contribution in [0.1, 0.15) is 5.76 Å². The average molecular weight is 354 g/mol. The fraction of sp³-hybridized carbons (Fsp3) is 0.429. The summed E-state index contributed by atoms with van der Waals surface area (Å²) >= 11 is 3.38. The van der Waals surface area contributed by atoms with Crippen LogP contribution in [0.4, 0.5) is 5.88 Å². The SMILES string of the molecule is CN(C)c1oc(C=C(C#N)C(=O)N2CCOCC2)cc1Br. The number of amides is 1. The van der Waals surface area contributed by atoms with Crippen LogP contribution in [0.5, 0.6) is 0 Å². The summed E-state index contributed by atoms with van der Waals surface area (Å²) in [5.41, 5.74) is 0.0588. The first-order valence-corrected chi connectivity index (χ1v) is 7.27. The van der Waals surface area contributed by atoms with E-state index in [2.05, 4.69) is 15.9 Å². The molecule has 1 saturated heterocycles. The average Bonchev–Trinajstić information content (AvgIpc) is 2.86. The van der Waals surface area contributed by atoms with Crippen molar-refractivity contribution in [1.82, 2.24) is 4.90 Å². The van der Waals surface area contributed by atoms with E-state index in [0.29, 0.717) is 37.9 Å². The molecule has 2 rings (SSSR count). The number of ether oxygens (including phenoxy) is 1. The zero-order valence-electron chi connectivity index (χ0n) is 11.9. The monoisotopic (exact) mass is 353 g/mol. The molecule has 0 aromatic carbocycles. The summed E-state index contributed by atoms with van der Waals surface area (Å²) in [5.74, 6) is 0.806. The van der Waals surface area contributed by atoms with Gasteiger partial charge in [0.15, 0.2) is 0 Å². The van der Waals surface area contributed by atoms with E-state index < -0.39 is 0 Å². The summed E-state index contributed by atoms with van der Waals surface area (Å²) in [6.45, 7) is 2.01. The summed E-state index contributed by atoms with van der Waals surface area (Å²) in [6, 6.07) is 3.68. The number of carbonyl (C=O) groups excluding carboxylic acids is 1. The van der Waals surface area contributed by atoms with Crippen LogP contribution in [0.25, 0.3) is 6.08 Å². The van der Waals surface area contributed by atoms with Gasteiger partial charge in [-0.2, -0.15) is 5.26 Å². The Labute approximate surface area is 131 Å². The van der Waals surface area contributed by atoms with E-state index in [4.69, 9.17) is 9.15 Å². The van der Waals surface area contributed by atoms with E-state index in [1.807, 2.05) is 20.2 Å². The van der Waals surface area contributed by atoms with Crippen molar-refractivity contribution in [3.05, 3.63) is 21.9 Å². The molecule has 0 atom stereocenters. The standard InChI is InChI=1S/C14H16BrN3O3/c1-17(2)14-12(15)8-11(21-14)7-10(9-16)13(19)18-3-5-20-6-4-18/h7-8H,3-6H2,1-2H3. The van der Waals surface area contributed by atoms with Gasteiger partial charge in [0.1, 0.15) is 17.4 Å². The van der Waals surface area contributed by atoms with Crippen molar-refractivity contribution in [2.24, 2.45) is 0 Å². The molecule has 112 valence electrons. The lowest BCUT2D eigenvalue weighted by atomic mass is 10.2. The Balaban J connectivity index is 2.22. The quantitative estimate of drug-likeness (QED) is 0.612. The number of nitriles is 1. The molecule has 6 nitrogen and oxygen atoms in total. The minimum atomic E-state index is -0.292. The fourth-order valence-electron chi connectivity index (χ4n) is 1.97. The first-order chi connectivity index (χ1) is 10.0. The Morgan fingerprint density at radius 3 is 2.67 bits per heavy atom. The molecule has 0 radical (unpaired) electrons. The van der Waals surface area contributed by atoms with Crippen molar-refractivity contribution in [2.75, 3.05) is 45.3 Å². The minimum absolute atomic E-state index is 0.0588. The van der Waals surface area contributed by atoms with E-state index in [-0.39, 0.29) is 11.5 Å². The predicted molar refractivity (Wildman–Crippen MR) is 81.7 cm³/mol. The van der Waals surface area contributed by atoms with Crippen LogP contribution in [0.3, 0.4) is 0 Å². The molecule has 1 aliphatic rings. The third kappa shape index (κ3) is 3.65. The maximum atomic E-state index is 12.3. The highest BCUT2D eigenvalue weighted by molar-refractivity contribution is 9.10. The summed E-state index contributed by atoms with van der Waals surface area (Å²) in [5, 5.41) is 9.21. The third-order valence-electron chi connectivity index (χ3n) is 3.03. The fourth-order valence-corrected chi connectivity index (χ4v) is 2.63. The van der Waals surface area contributed by atoms with Gasteiger partial charge in [0, 0.05) is 39.3 Å². The highest BCUT2D eigenvalue weighted by Crippen LogP contribution is 2.30. The molecule has 0 aliphatic carbocycles. The number of furan rings is 1. The molecule has 0 unspecified atom stereocenters. The van der Waals surface area contributed by atoms with Gasteiger partial charge >= 0.3 is 0 Å². The molecule has 1 aromatic heterocycles. The van der Waals surface area contributed by atoms with Gasteiger partial charge < -0.3 is 19.0 Å². The lowest BCUT2D eigenvalue weighted by Gasteiger charge is -2.26. The van der Waals surface area contributed by atoms with Crippen LogP contribution < -0.4 is 4.90 Å². The van der Waals surface area contributed by atoms with Crippen LogP contribution in [-0.2, 0) is 9.53 Å². The van der Waals surface area contributed by atoms with E-state index in [9.17, 15) is 10.1 Å². The van der Waals surface area contributed by atoms with Gasteiger partial charge in [-0.3, -0.25) is 4.79 Å². The molecule has 0 saturated carbocycles. The van der Waals surface area contributed by atoms with E-state index in [1.165, 1.54) is 6.08 Å². The lowest BCUT2D eigenvalue weighted by molar-refractivity contribution is -0.130. The highest BCUT2D eigenvalue weighted by Gasteiger charge is 2.21. The second-order valence-corrected chi connectivity index (χ2v) is 5.63. The van der Waals surface area contributed by atoms with Crippen LogP contribution in [0.15, 0.2) is 20.5 Å². The number of anilines is 1. The van der Waals surface area contributed by atoms with Crippen molar-refractivity contribution in [1.29, 1.82) is 5.26 Å². The van der Waals surface area contributed by atoms with E-state index in [0.717, 1.165) is 4.47 Å². The number of rotatable bonds is 3. The number of halogens is 1. The molecule has 1 aromatic rings. The largest absolute Gasteiger partial charge is 0.440 e. The minimum Gasteiger partial charge on any atom is -0.440 e. The molecule has 0 N–H and O–H groups in total. The maximum absolute atomic E-state index is 12.3. The van der Waals surface area contributed by atoms with Crippen LogP contribution in [-0.4, -0.2) is 51.2 Å². The third-order valence-corrected chi connectivity index (χ3v) is 3.60. The zero-order valence-corrected chi connectivity index (χ0v) is 13.5. The second-order valence-electron chi connectivity index (χ2n) is 4.77.